The molecule has 1 aromatic carbocycles. The van der Waals surface area contributed by atoms with Crippen LogP contribution in [0.25, 0.3) is 11.0 Å². The number of aromatic hydroxyl groups is 1. The molecule has 0 aliphatic carbocycles. The van der Waals surface area contributed by atoms with Gasteiger partial charge in [0.15, 0.2) is 11.3 Å². The normalized spacial score (nSPS) is 28.9. The molecule has 0 spiro atoms. The molecule has 0 unspecified atom stereocenters. The maximum absolute atomic E-state index is 11.5. The molecule has 142 valence electrons. The largest absolute Gasteiger partial charge is 0.502 e. The smallest absolute Gasteiger partial charge is 0.336 e. The molecule has 0 radical (unpaired) electrons. The molecular weight excluding hydrogens is 352 g/mol. The fraction of sp³-hybridized carbons (Fsp3) is 0.438. The average Bonchev–Trinajstić information content (AvgIpc) is 2.64. The molecule has 1 aliphatic rings. The van der Waals surface area contributed by atoms with Crippen molar-refractivity contribution in [3.05, 3.63) is 28.6 Å². The van der Waals surface area contributed by atoms with Gasteiger partial charge >= 0.3 is 5.63 Å². The molecule has 10 heteroatoms. The molecule has 1 fully saturated rings. The quantitative estimate of drug-likeness (QED) is 0.409. The van der Waals surface area contributed by atoms with E-state index in [1.165, 1.54) is 19.2 Å². The molecule has 5 atom stereocenters. The highest BCUT2D eigenvalue weighted by molar-refractivity contribution is 5.87. The van der Waals surface area contributed by atoms with E-state index in [1.54, 1.807) is 0 Å². The topological polar surface area (TPSA) is 159 Å². The molecule has 3 rings (SSSR count). The highest BCUT2D eigenvalue weighted by atomic mass is 16.7. The average molecular weight is 370 g/mol. The molecular formula is C16H18O10. The Morgan fingerprint density at radius 3 is 2.54 bits per heavy atom. The Morgan fingerprint density at radius 2 is 1.88 bits per heavy atom. The molecule has 0 bridgehead atoms. The van der Waals surface area contributed by atoms with E-state index in [0.717, 1.165) is 6.07 Å². The molecule has 2 heterocycles. The lowest BCUT2D eigenvalue weighted by atomic mass is 9.99. The van der Waals surface area contributed by atoms with Crippen LogP contribution in [0, 0.1) is 0 Å². The number of ether oxygens (including phenoxy) is 3. The second-order valence-corrected chi connectivity index (χ2v) is 5.74. The Labute approximate surface area is 146 Å². The number of phenolic OH excluding ortho intramolecular Hbond substituents is 1. The van der Waals surface area contributed by atoms with E-state index in [2.05, 4.69) is 0 Å². The van der Waals surface area contributed by atoms with Crippen molar-refractivity contribution < 1.29 is 44.2 Å². The summed E-state index contributed by atoms with van der Waals surface area (Å²) in [5.41, 5.74) is -0.839. The third kappa shape index (κ3) is 3.08. The lowest BCUT2D eigenvalue weighted by molar-refractivity contribution is -0.277. The second kappa shape index (κ2) is 7.09. The van der Waals surface area contributed by atoms with Crippen LogP contribution in [0.1, 0.15) is 0 Å². The van der Waals surface area contributed by atoms with E-state index < -0.39 is 48.7 Å². The Bertz CT molecular complexity index is 845. The van der Waals surface area contributed by atoms with Crippen LogP contribution >= 0.6 is 0 Å². The number of hydrogen-bond donors (Lipinski definition) is 5. The van der Waals surface area contributed by atoms with Crippen molar-refractivity contribution in [1.82, 2.24) is 0 Å². The third-order valence-electron chi connectivity index (χ3n) is 4.11. The molecule has 2 aromatic rings. The van der Waals surface area contributed by atoms with Gasteiger partial charge in [0.05, 0.1) is 13.7 Å². The number of hydrogen-bond acceptors (Lipinski definition) is 10. The summed E-state index contributed by atoms with van der Waals surface area (Å²) in [6.07, 6.45) is -7.72. The minimum absolute atomic E-state index is 0.00550. The van der Waals surface area contributed by atoms with Crippen LogP contribution in [0.4, 0.5) is 0 Å². The molecule has 1 saturated heterocycles. The summed E-state index contributed by atoms with van der Waals surface area (Å²) in [5, 5.41) is 49.6. The summed E-state index contributed by atoms with van der Waals surface area (Å²) in [6, 6.07) is 3.99. The zero-order valence-corrected chi connectivity index (χ0v) is 13.6. The summed E-state index contributed by atoms with van der Waals surface area (Å²) in [4.78, 5) is 11.5. The van der Waals surface area contributed by atoms with Crippen LogP contribution in [0.3, 0.4) is 0 Å². The fourth-order valence-electron chi connectivity index (χ4n) is 2.69. The lowest BCUT2D eigenvalue weighted by Gasteiger charge is -2.39. The van der Waals surface area contributed by atoms with Crippen molar-refractivity contribution >= 4 is 11.0 Å². The van der Waals surface area contributed by atoms with Gasteiger partial charge in [0.2, 0.25) is 17.8 Å². The first-order valence-corrected chi connectivity index (χ1v) is 7.68. The maximum atomic E-state index is 11.5. The van der Waals surface area contributed by atoms with Crippen molar-refractivity contribution in [3.63, 3.8) is 0 Å². The second-order valence-electron chi connectivity index (χ2n) is 5.74. The first-order chi connectivity index (χ1) is 12.4. The van der Waals surface area contributed by atoms with Crippen molar-refractivity contribution in [2.45, 2.75) is 30.7 Å². The van der Waals surface area contributed by atoms with Crippen LogP contribution < -0.4 is 15.1 Å². The summed E-state index contributed by atoms with van der Waals surface area (Å²) in [7, 11) is 1.30. The van der Waals surface area contributed by atoms with Crippen molar-refractivity contribution in [2.24, 2.45) is 0 Å². The minimum atomic E-state index is -1.70. The molecule has 5 N–H and O–H groups in total. The molecule has 0 amide bonds. The summed E-state index contributed by atoms with van der Waals surface area (Å²) in [5.74, 6) is -0.876. The van der Waals surface area contributed by atoms with Gasteiger partial charge < -0.3 is 44.2 Å². The maximum Gasteiger partial charge on any atom is 0.336 e. The van der Waals surface area contributed by atoms with Gasteiger partial charge in [-0.15, -0.1) is 0 Å². The van der Waals surface area contributed by atoms with Crippen molar-refractivity contribution in [2.75, 3.05) is 13.7 Å². The molecule has 0 saturated carbocycles. The molecule has 1 aromatic heterocycles. The van der Waals surface area contributed by atoms with Crippen LogP contribution in [0.15, 0.2) is 27.4 Å². The summed E-state index contributed by atoms with van der Waals surface area (Å²) in [6.45, 7) is -0.648. The zero-order valence-electron chi connectivity index (χ0n) is 13.6. The van der Waals surface area contributed by atoms with E-state index in [0.29, 0.717) is 5.39 Å². The van der Waals surface area contributed by atoms with Gasteiger partial charge in [0.25, 0.3) is 0 Å². The number of phenols is 1. The number of methoxy groups -OCH3 is 1. The Hall–Kier alpha value is -2.37. The van der Waals surface area contributed by atoms with Crippen LogP contribution in [-0.2, 0) is 4.74 Å². The SMILES string of the molecule is COc1cc2ccc(=O)oc2c(O[C@@H]2O[C@H](CO)[C@@H](O)[C@H](O)[C@@H]2O)c1O. The number of aliphatic hydroxyl groups is 4. The van der Waals surface area contributed by atoms with Crippen LogP contribution in [0.5, 0.6) is 17.2 Å². The predicted molar refractivity (Wildman–Crippen MR) is 85.1 cm³/mol. The number of rotatable bonds is 4. The van der Waals surface area contributed by atoms with E-state index in [-0.39, 0.29) is 17.1 Å². The van der Waals surface area contributed by atoms with Gasteiger partial charge in [-0.05, 0) is 12.1 Å². The third-order valence-corrected chi connectivity index (χ3v) is 4.11. The summed E-state index contributed by atoms with van der Waals surface area (Å²) < 4.78 is 20.8. The Kier molecular flexibility index (Phi) is 5.03. The van der Waals surface area contributed by atoms with Gasteiger partial charge in [-0.25, -0.2) is 4.79 Å². The number of aliphatic hydroxyl groups excluding tert-OH is 4. The van der Waals surface area contributed by atoms with Gasteiger partial charge in [-0.1, -0.05) is 0 Å². The van der Waals surface area contributed by atoms with E-state index in [9.17, 15) is 30.3 Å². The van der Waals surface area contributed by atoms with Crippen LogP contribution in [-0.4, -0.2) is 70.0 Å². The fourth-order valence-corrected chi connectivity index (χ4v) is 2.69. The van der Waals surface area contributed by atoms with Crippen LogP contribution in [0.2, 0.25) is 0 Å². The van der Waals surface area contributed by atoms with E-state index >= 15 is 0 Å². The first kappa shape index (κ1) is 18.4. The summed E-state index contributed by atoms with van der Waals surface area (Å²) >= 11 is 0. The Balaban J connectivity index is 2.06. The van der Waals surface area contributed by atoms with Gasteiger partial charge in [0.1, 0.15) is 24.4 Å². The lowest BCUT2D eigenvalue weighted by Crippen LogP contribution is -2.60. The van der Waals surface area contributed by atoms with E-state index in [1.807, 2.05) is 0 Å². The first-order valence-electron chi connectivity index (χ1n) is 7.68. The minimum Gasteiger partial charge on any atom is -0.502 e. The molecule has 26 heavy (non-hydrogen) atoms. The number of fused-ring (bicyclic) bond motifs is 1. The van der Waals surface area contributed by atoms with E-state index in [4.69, 9.17) is 18.6 Å². The highest BCUT2D eigenvalue weighted by Gasteiger charge is 2.45. The molecule has 10 nitrogen and oxygen atoms in total. The number of benzene rings is 1. The predicted octanol–water partition coefficient (Wildman–Crippen LogP) is -1.31. The van der Waals surface area contributed by atoms with Gasteiger partial charge in [-0.2, -0.15) is 0 Å². The van der Waals surface area contributed by atoms with Crippen molar-refractivity contribution in [3.8, 4) is 17.2 Å². The van der Waals surface area contributed by atoms with Gasteiger partial charge in [0, 0.05) is 11.5 Å². The standard InChI is InChI=1S/C16H18O10/c1-23-7-4-6-2-3-9(18)25-14(6)15(11(7)20)26-16-13(22)12(21)10(19)8(5-17)24-16/h2-4,8,10,12-13,16-17,19-22H,5H2,1H3/t8-,10-,12+,13+,16+/m1/s1. The van der Waals surface area contributed by atoms with Crippen molar-refractivity contribution in [1.29, 1.82) is 0 Å². The Morgan fingerprint density at radius 1 is 1.15 bits per heavy atom. The van der Waals surface area contributed by atoms with Gasteiger partial charge in [-0.3, -0.25) is 0 Å². The molecule has 1 aliphatic heterocycles. The highest BCUT2D eigenvalue weighted by Crippen LogP contribution is 2.43. The monoisotopic (exact) mass is 370 g/mol. The zero-order chi connectivity index (χ0) is 19.0.